The van der Waals surface area contributed by atoms with Crippen molar-refractivity contribution in [3.8, 4) is 0 Å². The van der Waals surface area contributed by atoms with Crippen molar-refractivity contribution < 1.29 is 14.0 Å². The lowest BCUT2D eigenvalue weighted by Gasteiger charge is -2.40. The van der Waals surface area contributed by atoms with E-state index >= 15 is 0 Å². The van der Waals surface area contributed by atoms with Crippen LogP contribution in [0.15, 0.2) is 60.7 Å². The Morgan fingerprint density at radius 2 is 1.82 bits per heavy atom. The topological polar surface area (TPSA) is 49.4 Å². The van der Waals surface area contributed by atoms with Crippen LogP contribution in [0.5, 0.6) is 0 Å². The van der Waals surface area contributed by atoms with Crippen LogP contribution in [0.25, 0.3) is 0 Å². The van der Waals surface area contributed by atoms with Crippen molar-refractivity contribution in [2.45, 2.75) is 43.9 Å². The summed E-state index contributed by atoms with van der Waals surface area (Å²) in [7, 11) is 1.73. The molecule has 1 heterocycles. The summed E-state index contributed by atoms with van der Waals surface area (Å²) in [6.45, 7) is 3.94. The first-order chi connectivity index (χ1) is 18.7. The number of fused-ring (bicyclic) bond motifs is 2. The standard InChI is InChI=1S/C32H33Cl2FN2O2/c1-20-15-23(17-24(35)16-20)31(39)37(2)19-22(21-8-10-28(33)29(34)18-21)7-9-27-30(38)25-5-3-4-6-26(25)32(27)11-13-36-14-12-32/h3-6,8,10,15-18,22,27,36H,7,9,11-14,19H2,1-2H3/t22-,27?/m1/s1. The summed E-state index contributed by atoms with van der Waals surface area (Å²) < 4.78 is 14.0. The summed E-state index contributed by atoms with van der Waals surface area (Å²) in [6.07, 6.45) is 3.24. The van der Waals surface area contributed by atoms with E-state index in [1.54, 1.807) is 31.0 Å². The lowest BCUT2D eigenvalue weighted by atomic mass is 9.66. The second kappa shape index (κ2) is 11.4. The number of aryl methyl sites for hydroxylation is 1. The SMILES string of the molecule is Cc1cc(F)cc(C(=O)N(C)C[C@@H](CCC2C(=O)c3ccccc3C23CCNCC3)c2ccc(Cl)c(Cl)c2)c1. The molecule has 5 rings (SSSR count). The maximum atomic E-state index is 14.0. The lowest BCUT2D eigenvalue weighted by molar-refractivity contribution is 0.0769. The molecule has 4 nitrogen and oxygen atoms in total. The highest BCUT2D eigenvalue weighted by Crippen LogP contribution is 2.51. The van der Waals surface area contributed by atoms with Crippen molar-refractivity contribution in [3.05, 3.63) is 104 Å². The zero-order chi connectivity index (χ0) is 27.7. The molecule has 3 aromatic carbocycles. The van der Waals surface area contributed by atoms with Crippen LogP contribution in [0.4, 0.5) is 4.39 Å². The first-order valence-electron chi connectivity index (χ1n) is 13.5. The van der Waals surface area contributed by atoms with Crippen molar-refractivity contribution in [1.82, 2.24) is 10.2 Å². The largest absolute Gasteiger partial charge is 0.341 e. The second-order valence-corrected chi connectivity index (χ2v) is 11.8. The number of carbonyl (C=O) groups excluding carboxylic acids is 2. The van der Waals surface area contributed by atoms with Crippen LogP contribution >= 0.6 is 23.2 Å². The summed E-state index contributed by atoms with van der Waals surface area (Å²) >= 11 is 12.6. The highest BCUT2D eigenvalue weighted by molar-refractivity contribution is 6.42. The zero-order valence-electron chi connectivity index (χ0n) is 22.3. The number of hydrogen-bond acceptors (Lipinski definition) is 3. The monoisotopic (exact) mass is 566 g/mol. The molecule has 39 heavy (non-hydrogen) atoms. The van der Waals surface area contributed by atoms with Crippen molar-refractivity contribution in [2.24, 2.45) is 5.92 Å². The molecular weight excluding hydrogens is 534 g/mol. The Morgan fingerprint density at radius 3 is 2.54 bits per heavy atom. The molecule has 1 unspecified atom stereocenters. The molecular formula is C32H33Cl2FN2O2. The smallest absolute Gasteiger partial charge is 0.253 e. The fourth-order valence-corrected chi connectivity index (χ4v) is 6.95. The van der Waals surface area contributed by atoms with Crippen LogP contribution in [0, 0.1) is 18.7 Å². The summed E-state index contributed by atoms with van der Waals surface area (Å²) in [5.41, 5.74) is 3.84. The van der Waals surface area contributed by atoms with Crippen LogP contribution in [0.3, 0.4) is 0 Å². The first-order valence-corrected chi connectivity index (χ1v) is 14.3. The Morgan fingerprint density at radius 1 is 1.08 bits per heavy atom. The third-order valence-electron chi connectivity index (χ3n) is 8.56. The maximum absolute atomic E-state index is 14.0. The van der Waals surface area contributed by atoms with Crippen LogP contribution < -0.4 is 5.32 Å². The van der Waals surface area contributed by atoms with E-state index in [1.807, 2.05) is 30.3 Å². The average molecular weight is 568 g/mol. The molecule has 7 heteroatoms. The van der Waals surface area contributed by atoms with Crippen LogP contribution in [0.2, 0.25) is 10.0 Å². The Kier molecular flexibility index (Phi) is 8.14. The fourth-order valence-electron chi connectivity index (χ4n) is 6.65. The van der Waals surface area contributed by atoms with E-state index in [4.69, 9.17) is 23.2 Å². The van der Waals surface area contributed by atoms with E-state index in [0.29, 0.717) is 40.6 Å². The Labute approximate surface area is 239 Å². The number of amides is 1. The molecule has 1 saturated heterocycles. The molecule has 3 aromatic rings. The zero-order valence-corrected chi connectivity index (χ0v) is 23.8. The number of rotatable bonds is 7. The first kappa shape index (κ1) is 27.8. The third kappa shape index (κ3) is 5.50. The molecule has 2 atom stereocenters. The highest BCUT2D eigenvalue weighted by Gasteiger charge is 2.51. The lowest BCUT2D eigenvalue weighted by Crippen LogP contribution is -2.44. The molecule has 2 aliphatic rings. The number of nitrogens with one attached hydrogen (secondary N) is 1. The number of piperidine rings is 1. The molecule has 1 N–H and O–H groups in total. The molecule has 1 aliphatic heterocycles. The van der Waals surface area contributed by atoms with Crippen LogP contribution in [0.1, 0.15) is 69.0 Å². The minimum absolute atomic E-state index is 0.0846. The molecule has 1 fully saturated rings. The van der Waals surface area contributed by atoms with Crippen LogP contribution in [-0.2, 0) is 5.41 Å². The number of hydrogen-bond donors (Lipinski definition) is 1. The number of nitrogens with zero attached hydrogens (tertiary/aromatic N) is 1. The van der Waals surface area contributed by atoms with Gasteiger partial charge in [-0.25, -0.2) is 4.39 Å². The van der Waals surface area contributed by atoms with E-state index in [0.717, 1.165) is 37.1 Å². The van der Waals surface area contributed by atoms with Gasteiger partial charge in [-0.2, -0.15) is 0 Å². The van der Waals surface area contributed by atoms with Gasteiger partial charge in [-0.3, -0.25) is 9.59 Å². The maximum Gasteiger partial charge on any atom is 0.253 e. The van der Waals surface area contributed by atoms with Crippen molar-refractivity contribution in [2.75, 3.05) is 26.7 Å². The highest BCUT2D eigenvalue weighted by atomic mass is 35.5. The van der Waals surface area contributed by atoms with E-state index in [2.05, 4.69) is 11.4 Å². The van der Waals surface area contributed by atoms with Crippen LogP contribution in [-0.4, -0.2) is 43.3 Å². The minimum atomic E-state index is -0.431. The summed E-state index contributed by atoms with van der Waals surface area (Å²) in [6, 6.07) is 18.0. The van der Waals surface area contributed by atoms with E-state index in [-0.39, 0.29) is 28.9 Å². The predicted octanol–water partition coefficient (Wildman–Crippen LogP) is 7.21. The molecule has 0 aromatic heterocycles. The van der Waals surface area contributed by atoms with Gasteiger partial charge in [-0.15, -0.1) is 0 Å². The van der Waals surface area contributed by atoms with Crippen molar-refractivity contribution in [3.63, 3.8) is 0 Å². The van der Waals surface area contributed by atoms with Gasteiger partial charge in [0.15, 0.2) is 5.78 Å². The molecule has 0 bridgehead atoms. The van der Waals surface area contributed by atoms with E-state index in [9.17, 15) is 14.0 Å². The molecule has 204 valence electrons. The fraction of sp³-hybridized carbons (Fsp3) is 0.375. The van der Waals surface area contributed by atoms with E-state index < -0.39 is 5.82 Å². The van der Waals surface area contributed by atoms with E-state index in [1.165, 1.54) is 17.7 Å². The molecule has 0 radical (unpaired) electrons. The predicted molar refractivity (Wildman–Crippen MR) is 155 cm³/mol. The Hall–Kier alpha value is -2.73. The number of ketones is 1. The average Bonchev–Trinajstić information content (AvgIpc) is 3.14. The van der Waals surface area contributed by atoms with Gasteiger partial charge in [0, 0.05) is 42.0 Å². The van der Waals surface area contributed by atoms with Gasteiger partial charge >= 0.3 is 0 Å². The number of carbonyl (C=O) groups is 2. The van der Waals surface area contributed by atoms with Gasteiger partial charge in [0.05, 0.1) is 10.0 Å². The van der Waals surface area contributed by atoms with Gasteiger partial charge in [-0.1, -0.05) is 53.5 Å². The summed E-state index contributed by atoms with van der Waals surface area (Å²) in [4.78, 5) is 28.7. The number of halogens is 3. The van der Waals surface area contributed by atoms with Crippen molar-refractivity contribution >= 4 is 34.9 Å². The Bertz CT molecular complexity index is 1380. The van der Waals surface area contributed by atoms with Gasteiger partial charge in [0.25, 0.3) is 5.91 Å². The molecule has 1 amide bonds. The number of likely N-dealkylation sites (N-methyl/N-ethyl adjacent to an activating group) is 1. The summed E-state index contributed by atoms with van der Waals surface area (Å²) in [5.74, 6) is -0.658. The molecule has 1 spiro atoms. The van der Waals surface area contributed by atoms with Gasteiger partial charge < -0.3 is 10.2 Å². The third-order valence-corrected chi connectivity index (χ3v) is 9.30. The molecule has 0 saturated carbocycles. The van der Waals surface area contributed by atoms with Gasteiger partial charge in [0.1, 0.15) is 5.82 Å². The number of benzene rings is 3. The minimum Gasteiger partial charge on any atom is -0.341 e. The normalized spacial score (nSPS) is 18.7. The number of Topliss-reactive ketones (excluding diaryl/α,β-unsaturated/α-hetero) is 1. The van der Waals surface area contributed by atoms with Gasteiger partial charge in [0.2, 0.25) is 0 Å². The summed E-state index contributed by atoms with van der Waals surface area (Å²) in [5, 5.41) is 4.38. The Balaban J connectivity index is 1.42. The molecule has 1 aliphatic carbocycles. The second-order valence-electron chi connectivity index (χ2n) is 11.0. The quantitative estimate of drug-likeness (QED) is 0.328. The van der Waals surface area contributed by atoms with Gasteiger partial charge in [-0.05, 0) is 92.7 Å². The van der Waals surface area contributed by atoms with Crippen molar-refractivity contribution in [1.29, 1.82) is 0 Å².